The van der Waals surface area contributed by atoms with Crippen LogP contribution in [-0.2, 0) is 4.74 Å². The summed E-state index contributed by atoms with van der Waals surface area (Å²) in [6, 6.07) is 6.62. The molecule has 1 aromatic carbocycles. The molecule has 1 aliphatic rings. The molecule has 3 heteroatoms. The van der Waals surface area contributed by atoms with Gasteiger partial charge in [-0.3, -0.25) is 0 Å². The maximum atomic E-state index is 5.89. The first-order valence-electron chi connectivity index (χ1n) is 6.65. The van der Waals surface area contributed by atoms with Crippen LogP contribution in [-0.4, -0.2) is 32.9 Å². The zero-order valence-corrected chi connectivity index (χ0v) is 11.5. The summed E-state index contributed by atoms with van der Waals surface area (Å²) >= 11 is 0. The Bertz CT molecular complexity index is 386. The minimum absolute atomic E-state index is 0.370. The molecule has 1 N–H and O–H groups in total. The molecule has 1 aromatic rings. The van der Waals surface area contributed by atoms with Gasteiger partial charge in [-0.15, -0.1) is 0 Å². The Balaban J connectivity index is 1.90. The van der Waals surface area contributed by atoms with Crippen molar-refractivity contribution in [2.75, 3.05) is 26.9 Å². The molecular formula is C15H23NO2. The largest absolute Gasteiger partial charge is 0.492 e. The Morgan fingerprint density at radius 2 is 2.22 bits per heavy atom. The van der Waals surface area contributed by atoms with Crippen LogP contribution in [0.2, 0.25) is 0 Å². The zero-order chi connectivity index (χ0) is 13.0. The smallest absolute Gasteiger partial charge is 0.119 e. The lowest BCUT2D eigenvalue weighted by Crippen LogP contribution is -2.39. The Labute approximate surface area is 109 Å². The van der Waals surface area contributed by atoms with E-state index in [1.807, 2.05) is 13.1 Å². The van der Waals surface area contributed by atoms with E-state index in [4.69, 9.17) is 9.47 Å². The Morgan fingerprint density at radius 1 is 1.39 bits per heavy atom. The lowest BCUT2D eigenvalue weighted by molar-refractivity contribution is 0.162. The molecule has 0 bridgehead atoms. The van der Waals surface area contributed by atoms with E-state index in [1.54, 1.807) is 0 Å². The van der Waals surface area contributed by atoms with E-state index in [0.29, 0.717) is 18.6 Å². The lowest BCUT2D eigenvalue weighted by atomic mass is 10.00. The fraction of sp³-hybridized carbons (Fsp3) is 0.600. The summed E-state index contributed by atoms with van der Waals surface area (Å²) in [6.07, 6.45) is 1.13. The van der Waals surface area contributed by atoms with Crippen molar-refractivity contribution in [2.45, 2.75) is 26.3 Å². The third-order valence-corrected chi connectivity index (χ3v) is 3.81. The number of hydrogen-bond acceptors (Lipinski definition) is 3. The standard InChI is InChI=1S/C15H23NO2/c1-11-4-5-14(8-12(11)2)18-10-15(16-3)13-6-7-17-9-13/h4-5,8,13,15-16H,6-7,9-10H2,1-3H3. The molecule has 2 atom stereocenters. The SMILES string of the molecule is CNC(COc1ccc(C)c(C)c1)C1CCOC1. The van der Waals surface area contributed by atoms with Gasteiger partial charge >= 0.3 is 0 Å². The summed E-state index contributed by atoms with van der Waals surface area (Å²) in [7, 11) is 1.99. The topological polar surface area (TPSA) is 30.5 Å². The van der Waals surface area contributed by atoms with Gasteiger partial charge in [-0.2, -0.15) is 0 Å². The van der Waals surface area contributed by atoms with Crippen LogP contribution in [0.4, 0.5) is 0 Å². The molecule has 0 spiro atoms. The van der Waals surface area contributed by atoms with Gasteiger partial charge in [-0.05, 0) is 50.6 Å². The normalized spacial score (nSPS) is 20.9. The molecule has 3 nitrogen and oxygen atoms in total. The number of hydrogen-bond donors (Lipinski definition) is 1. The van der Waals surface area contributed by atoms with E-state index in [2.05, 4.69) is 31.3 Å². The van der Waals surface area contributed by atoms with Gasteiger partial charge in [0.05, 0.1) is 6.61 Å². The van der Waals surface area contributed by atoms with Gasteiger partial charge in [0.1, 0.15) is 12.4 Å². The van der Waals surface area contributed by atoms with E-state index < -0.39 is 0 Å². The van der Waals surface area contributed by atoms with Crippen LogP contribution in [0.25, 0.3) is 0 Å². The van der Waals surface area contributed by atoms with Crippen molar-refractivity contribution in [3.63, 3.8) is 0 Å². The van der Waals surface area contributed by atoms with Crippen molar-refractivity contribution in [1.29, 1.82) is 0 Å². The summed E-state index contributed by atoms with van der Waals surface area (Å²) in [5, 5.41) is 3.34. The predicted molar refractivity (Wildman–Crippen MR) is 73.2 cm³/mol. The minimum Gasteiger partial charge on any atom is -0.492 e. The third kappa shape index (κ3) is 3.24. The van der Waals surface area contributed by atoms with Crippen molar-refractivity contribution < 1.29 is 9.47 Å². The van der Waals surface area contributed by atoms with Crippen LogP contribution in [0.5, 0.6) is 5.75 Å². The molecule has 2 rings (SSSR count). The zero-order valence-electron chi connectivity index (χ0n) is 11.5. The van der Waals surface area contributed by atoms with E-state index in [-0.39, 0.29) is 0 Å². The summed E-state index contributed by atoms with van der Waals surface area (Å²) < 4.78 is 11.3. The van der Waals surface area contributed by atoms with Crippen LogP contribution in [0, 0.1) is 19.8 Å². The van der Waals surface area contributed by atoms with Gasteiger partial charge in [0.25, 0.3) is 0 Å². The molecule has 0 saturated carbocycles. The molecule has 1 heterocycles. The highest BCUT2D eigenvalue weighted by Gasteiger charge is 2.24. The molecule has 2 unspecified atom stereocenters. The molecule has 0 aliphatic carbocycles. The van der Waals surface area contributed by atoms with Crippen LogP contribution in [0.15, 0.2) is 18.2 Å². The van der Waals surface area contributed by atoms with E-state index in [1.165, 1.54) is 11.1 Å². The van der Waals surface area contributed by atoms with Gasteiger partial charge < -0.3 is 14.8 Å². The van der Waals surface area contributed by atoms with Crippen LogP contribution in [0.3, 0.4) is 0 Å². The fourth-order valence-corrected chi connectivity index (χ4v) is 2.31. The number of aryl methyl sites for hydroxylation is 2. The molecule has 1 aliphatic heterocycles. The summed E-state index contributed by atoms with van der Waals surface area (Å²) in [5.41, 5.74) is 2.58. The molecule has 100 valence electrons. The second kappa shape index (κ2) is 6.21. The fourth-order valence-electron chi connectivity index (χ4n) is 2.31. The highest BCUT2D eigenvalue weighted by molar-refractivity contribution is 5.33. The van der Waals surface area contributed by atoms with Crippen LogP contribution < -0.4 is 10.1 Å². The highest BCUT2D eigenvalue weighted by Crippen LogP contribution is 2.20. The molecule has 1 saturated heterocycles. The van der Waals surface area contributed by atoms with Crippen LogP contribution >= 0.6 is 0 Å². The monoisotopic (exact) mass is 249 g/mol. The van der Waals surface area contributed by atoms with Gasteiger partial charge in [0.15, 0.2) is 0 Å². The summed E-state index contributed by atoms with van der Waals surface area (Å²) in [6.45, 7) is 6.66. The predicted octanol–water partition coefficient (Wildman–Crippen LogP) is 2.31. The van der Waals surface area contributed by atoms with Crippen molar-refractivity contribution in [3.8, 4) is 5.75 Å². The van der Waals surface area contributed by atoms with Gasteiger partial charge in [0, 0.05) is 18.6 Å². The maximum absolute atomic E-state index is 5.89. The maximum Gasteiger partial charge on any atom is 0.119 e. The van der Waals surface area contributed by atoms with Gasteiger partial charge in [0.2, 0.25) is 0 Å². The summed E-state index contributed by atoms with van der Waals surface area (Å²) in [5.74, 6) is 1.53. The first kappa shape index (κ1) is 13.4. The Hall–Kier alpha value is -1.06. The van der Waals surface area contributed by atoms with Crippen molar-refractivity contribution >= 4 is 0 Å². The summed E-state index contributed by atoms with van der Waals surface area (Å²) in [4.78, 5) is 0. The second-order valence-corrected chi connectivity index (χ2v) is 5.08. The number of benzene rings is 1. The average molecular weight is 249 g/mol. The Kier molecular flexibility index (Phi) is 4.61. The Morgan fingerprint density at radius 3 is 2.83 bits per heavy atom. The average Bonchev–Trinajstić information content (AvgIpc) is 2.88. The van der Waals surface area contributed by atoms with Crippen molar-refractivity contribution in [3.05, 3.63) is 29.3 Å². The third-order valence-electron chi connectivity index (χ3n) is 3.81. The first-order chi connectivity index (χ1) is 8.70. The molecule has 0 radical (unpaired) electrons. The second-order valence-electron chi connectivity index (χ2n) is 5.08. The number of nitrogens with one attached hydrogen (secondary N) is 1. The lowest BCUT2D eigenvalue weighted by Gasteiger charge is -2.22. The molecule has 0 amide bonds. The number of rotatable bonds is 5. The molecule has 18 heavy (non-hydrogen) atoms. The highest BCUT2D eigenvalue weighted by atomic mass is 16.5. The van der Waals surface area contributed by atoms with Crippen molar-refractivity contribution in [2.24, 2.45) is 5.92 Å². The van der Waals surface area contributed by atoms with Crippen molar-refractivity contribution in [1.82, 2.24) is 5.32 Å². The van der Waals surface area contributed by atoms with Gasteiger partial charge in [-0.25, -0.2) is 0 Å². The molecule has 0 aromatic heterocycles. The van der Waals surface area contributed by atoms with Crippen LogP contribution in [0.1, 0.15) is 17.5 Å². The number of likely N-dealkylation sites (N-methyl/N-ethyl adjacent to an activating group) is 1. The van der Waals surface area contributed by atoms with E-state index in [9.17, 15) is 0 Å². The van der Waals surface area contributed by atoms with Gasteiger partial charge in [-0.1, -0.05) is 6.07 Å². The van der Waals surface area contributed by atoms with E-state index in [0.717, 1.165) is 25.4 Å². The molecule has 1 fully saturated rings. The minimum atomic E-state index is 0.370. The van der Waals surface area contributed by atoms with E-state index >= 15 is 0 Å². The number of ether oxygens (including phenoxy) is 2. The quantitative estimate of drug-likeness (QED) is 0.868. The molecular weight excluding hydrogens is 226 g/mol. The first-order valence-corrected chi connectivity index (χ1v) is 6.65.